The lowest BCUT2D eigenvalue weighted by molar-refractivity contribution is -0.113. The van der Waals surface area contributed by atoms with E-state index in [9.17, 15) is 4.79 Å². The van der Waals surface area contributed by atoms with Crippen LogP contribution in [0.3, 0.4) is 0 Å². The Morgan fingerprint density at radius 3 is 2.74 bits per heavy atom. The molecule has 0 aliphatic rings. The Balaban J connectivity index is 1.73. The first-order valence-corrected chi connectivity index (χ1v) is 10.8. The highest BCUT2D eigenvalue weighted by molar-refractivity contribution is 8.03. The second-order valence-corrected chi connectivity index (χ2v) is 9.07. The molecule has 0 fully saturated rings. The smallest absolute Gasteiger partial charge is 0.234 e. The predicted octanol–water partition coefficient (Wildman–Crippen LogP) is 5.23. The molecule has 1 amide bonds. The number of rotatable bonds is 5. The van der Waals surface area contributed by atoms with Gasteiger partial charge in [0.25, 0.3) is 0 Å². The Bertz CT molecular complexity index is 1070. The fourth-order valence-corrected chi connectivity index (χ4v) is 5.18. The maximum absolute atomic E-state index is 12.4. The van der Waals surface area contributed by atoms with Gasteiger partial charge in [-0.3, -0.25) is 4.79 Å². The van der Waals surface area contributed by atoms with Crippen molar-refractivity contribution in [1.82, 2.24) is 9.97 Å². The third kappa shape index (κ3) is 4.43. The van der Waals surface area contributed by atoms with Crippen LogP contribution in [0.2, 0.25) is 0 Å². The van der Waals surface area contributed by atoms with Crippen LogP contribution in [0.4, 0.5) is 5.69 Å². The van der Waals surface area contributed by atoms with E-state index in [1.165, 1.54) is 22.2 Å². The molecule has 3 aromatic rings. The van der Waals surface area contributed by atoms with E-state index >= 15 is 0 Å². The Morgan fingerprint density at radius 2 is 2.04 bits per heavy atom. The number of thioether (sulfide) groups is 2. The van der Waals surface area contributed by atoms with Gasteiger partial charge in [-0.2, -0.15) is 5.26 Å². The van der Waals surface area contributed by atoms with Crippen molar-refractivity contribution in [2.45, 2.75) is 37.6 Å². The van der Waals surface area contributed by atoms with Crippen molar-refractivity contribution in [2.24, 2.45) is 0 Å². The molecule has 1 N–H and O–H groups in total. The van der Waals surface area contributed by atoms with Crippen LogP contribution in [0.5, 0.6) is 0 Å². The lowest BCUT2D eigenvalue weighted by Gasteiger charge is -2.09. The van der Waals surface area contributed by atoms with E-state index in [4.69, 9.17) is 5.26 Å². The summed E-state index contributed by atoms with van der Waals surface area (Å²) in [5.74, 6) is 0.902. The van der Waals surface area contributed by atoms with E-state index < -0.39 is 0 Å². The van der Waals surface area contributed by atoms with E-state index in [1.807, 2.05) is 32.0 Å². The minimum absolute atomic E-state index is 0.0854. The lowest BCUT2D eigenvalue weighted by atomic mass is 10.2. The van der Waals surface area contributed by atoms with Crippen molar-refractivity contribution >= 4 is 56.7 Å². The number of nitriles is 1. The van der Waals surface area contributed by atoms with Gasteiger partial charge >= 0.3 is 0 Å². The number of carbonyl (C=O) groups is 1. The summed E-state index contributed by atoms with van der Waals surface area (Å²) >= 11 is 4.20. The molecule has 2 aromatic heterocycles. The average molecular weight is 415 g/mol. The second kappa shape index (κ2) is 8.30. The summed E-state index contributed by atoms with van der Waals surface area (Å²) in [6.45, 7) is 7.94. The van der Waals surface area contributed by atoms with Gasteiger partial charge in [-0.1, -0.05) is 11.8 Å². The van der Waals surface area contributed by atoms with E-state index in [-0.39, 0.29) is 11.7 Å². The van der Waals surface area contributed by atoms with E-state index in [1.54, 1.807) is 11.3 Å². The Morgan fingerprint density at radius 1 is 1.26 bits per heavy atom. The molecule has 0 unspecified atom stereocenters. The number of thiophene rings is 1. The fourth-order valence-electron chi connectivity index (χ4n) is 2.63. The zero-order chi connectivity index (χ0) is 19.6. The first-order valence-electron chi connectivity index (χ1n) is 8.22. The summed E-state index contributed by atoms with van der Waals surface area (Å²) in [5, 5.41) is 15.6. The molecule has 0 radical (unpaired) electrons. The molecule has 0 aliphatic heterocycles. The van der Waals surface area contributed by atoms with Crippen LogP contribution in [0.15, 0.2) is 28.1 Å². The zero-order valence-electron chi connectivity index (χ0n) is 15.4. The molecule has 1 aromatic carbocycles. The minimum Gasteiger partial charge on any atom is -0.325 e. The van der Waals surface area contributed by atoms with Gasteiger partial charge in [0.15, 0.2) is 0 Å². The highest BCUT2D eigenvalue weighted by Crippen LogP contribution is 2.35. The van der Waals surface area contributed by atoms with Crippen molar-refractivity contribution in [2.75, 3.05) is 11.1 Å². The normalized spacial score (nSPS) is 10.8. The van der Waals surface area contributed by atoms with Gasteiger partial charge in [0, 0.05) is 20.8 Å². The molecule has 3 rings (SSSR count). The topological polar surface area (TPSA) is 78.7 Å². The number of amides is 1. The first kappa shape index (κ1) is 19.7. The van der Waals surface area contributed by atoms with Gasteiger partial charge < -0.3 is 5.32 Å². The van der Waals surface area contributed by atoms with Gasteiger partial charge in [-0.25, -0.2) is 9.97 Å². The van der Waals surface area contributed by atoms with Crippen molar-refractivity contribution in [1.29, 1.82) is 5.26 Å². The molecule has 0 saturated heterocycles. The summed E-state index contributed by atoms with van der Waals surface area (Å²) in [7, 11) is 0. The fraction of sp³-hybridized carbons (Fsp3) is 0.263. The monoisotopic (exact) mass is 414 g/mol. The quantitative estimate of drug-likeness (QED) is 0.350. The SMILES string of the molecule is Cc1nc(SCC(=O)Nc2ccc(SC#N)cc2C)c2c(C)c(C)sc2n1. The van der Waals surface area contributed by atoms with Crippen LogP contribution in [-0.2, 0) is 4.79 Å². The van der Waals surface area contributed by atoms with Gasteiger partial charge in [-0.05, 0) is 68.8 Å². The molecule has 27 heavy (non-hydrogen) atoms. The number of nitrogens with zero attached hydrogens (tertiary/aromatic N) is 3. The molecule has 8 heteroatoms. The third-order valence-electron chi connectivity index (χ3n) is 4.08. The highest BCUT2D eigenvalue weighted by atomic mass is 32.2. The van der Waals surface area contributed by atoms with Crippen molar-refractivity contribution in [3.63, 3.8) is 0 Å². The molecule has 0 spiro atoms. The summed E-state index contributed by atoms with van der Waals surface area (Å²) in [4.78, 5) is 24.6. The number of aromatic nitrogens is 2. The van der Waals surface area contributed by atoms with E-state index in [2.05, 4.69) is 34.5 Å². The Labute approximate surface area is 170 Å². The first-order chi connectivity index (χ1) is 12.9. The van der Waals surface area contributed by atoms with Crippen LogP contribution in [0, 0.1) is 38.4 Å². The molecule has 138 valence electrons. The van der Waals surface area contributed by atoms with Gasteiger partial charge in [-0.15, -0.1) is 11.3 Å². The lowest BCUT2D eigenvalue weighted by Crippen LogP contribution is -2.15. The summed E-state index contributed by atoms with van der Waals surface area (Å²) in [6, 6.07) is 5.56. The average Bonchev–Trinajstić information content (AvgIpc) is 2.89. The number of thiocyanates is 1. The molecule has 0 saturated carbocycles. The minimum atomic E-state index is -0.0854. The van der Waals surface area contributed by atoms with Crippen molar-refractivity contribution in [3.05, 3.63) is 40.0 Å². The van der Waals surface area contributed by atoms with Crippen LogP contribution < -0.4 is 5.32 Å². The number of anilines is 1. The number of fused-ring (bicyclic) bond motifs is 1. The number of nitrogens with one attached hydrogen (secondary N) is 1. The van der Waals surface area contributed by atoms with Crippen molar-refractivity contribution < 1.29 is 4.79 Å². The number of aryl methyl sites for hydroxylation is 4. The van der Waals surface area contributed by atoms with Gasteiger partial charge in [0.2, 0.25) is 5.91 Å². The zero-order valence-corrected chi connectivity index (χ0v) is 17.9. The molecular weight excluding hydrogens is 396 g/mol. The molecular formula is C19H18N4OS3. The third-order valence-corrected chi connectivity index (χ3v) is 6.74. The van der Waals surface area contributed by atoms with Crippen LogP contribution >= 0.6 is 34.9 Å². The Hall–Kier alpha value is -2.08. The number of carbonyl (C=O) groups excluding carboxylic acids is 1. The van der Waals surface area contributed by atoms with Gasteiger partial charge in [0.05, 0.1) is 5.75 Å². The van der Waals surface area contributed by atoms with E-state index in [0.717, 1.165) is 43.2 Å². The molecule has 0 aliphatic carbocycles. The summed E-state index contributed by atoms with van der Waals surface area (Å²) < 4.78 is 0. The number of benzene rings is 1. The Kier molecular flexibility index (Phi) is 6.05. The van der Waals surface area contributed by atoms with Crippen LogP contribution in [-0.4, -0.2) is 21.6 Å². The number of hydrogen-bond acceptors (Lipinski definition) is 7. The largest absolute Gasteiger partial charge is 0.325 e. The van der Waals surface area contributed by atoms with Gasteiger partial charge in [0.1, 0.15) is 21.1 Å². The number of hydrogen-bond donors (Lipinski definition) is 1. The second-order valence-electron chi connectivity index (χ2n) is 6.05. The molecule has 5 nitrogen and oxygen atoms in total. The predicted molar refractivity (Wildman–Crippen MR) is 114 cm³/mol. The van der Waals surface area contributed by atoms with E-state index in [0.29, 0.717) is 5.82 Å². The summed E-state index contributed by atoms with van der Waals surface area (Å²) in [5.41, 5.74) is 2.87. The maximum Gasteiger partial charge on any atom is 0.234 e. The maximum atomic E-state index is 12.4. The van der Waals surface area contributed by atoms with Crippen LogP contribution in [0.1, 0.15) is 21.8 Å². The highest BCUT2D eigenvalue weighted by Gasteiger charge is 2.15. The van der Waals surface area contributed by atoms with Crippen LogP contribution in [0.25, 0.3) is 10.2 Å². The van der Waals surface area contributed by atoms with Crippen molar-refractivity contribution in [3.8, 4) is 5.40 Å². The molecule has 0 atom stereocenters. The molecule has 0 bridgehead atoms. The summed E-state index contributed by atoms with van der Waals surface area (Å²) in [6.07, 6.45) is 0. The standard InChI is InChI=1S/C19H18N4OS3/c1-10-7-14(26-9-20)5-6-15(10)23-16(24)8-25-18-17-11(2)12(3)27-19(17)22-13(4)21-18/h5-7H,8H2,1-4H3,(H,23,24). The molecule has 2 heterocycles.